The first-order chi connectivity index (χ1) is 10.2. The number of H-pyrrole nitrogens is 1. The van der Waals surface area contributed by atoms with Crippen LogP contribution in [0.15, 0.2) is 42.5 Å². The Morgan fingerprint density at radius 3 is 2.62 bits per heavy atom. The summed E-state index contributed by atoms with van der Waals surface area (Å²) in [6, 6.07) is 13.3. The van der Waals surface area contributed by atoms with Gasteiger partial charge in [-0.15, -0.1) is 0 Å². The highest BCUT2D eigenvalue weighted by Crippen LogP contribution is 2.23. The largest absolute Gasteiger partial charge is 0.497 e. The third-order valence-electron chi connectivity index (χ3n) is 3.49. The molecule has 1 heterocycles. The minimum atomic E-state index is 0.137. The van der Waals surface area contributed by atoms with Crippen LogP contribution in [0.5, 0.6) is 5.75 Å². The first kappa shape index (κ1) is 13.4. The quantitative estimate of drug-likeness (QED) is 0.739. The maximum atomic E-state index is 11.8. The number of nitrogens with one attached hydrogen (secondary N) is 1. The third-order valence-corrected chi connectivity index (χ3v) is 3.49. The Balaban J connectivity index is 2.01. The van der Waals surface area contributed by atoms with Crippen LogP contribution < -0.4 is 4.74 Å². The van der Waals surface area contributed by atoms with Crippen molar-refractivity contribution >= 4 is 16.8 Å². The second kappa shape index (κ2) is 5.40. The van der Waals surface area contributed by atoms with Crippen molar-refractivity contribution in [1.82, 2.24) is 9.97 Å². The molecule has 21 heavy (non-hydrogen) atoms. The smallest absolute Gasteiger partial charge is 0.162 e. The van der Waals surface area contributed by atoms with Crippen LogP contribution in [0.3, 0.4) is 0 Å². The molecule has 0 aliphatic rings. The summed E-state index contributed by atoms with van der Waals surface area (Å²) in [7, 11) is 1.64. The van der Waals surface area contributed by atoms with Gasteiger partial charge in [0.25, 0.3) is 0 Å². The van der Waals surface area contributed by atoms with Gasteiger partial charge in [0.15, 0.2) is 5.78 Å². The van der Waals surface area contributed by atoms with Gasteiger partial charge in [-0.05, 0) is 42.5 Å². The number of ketones is 1. The molecule has 0 aliphatic carbocycles. The van der Waals surface area contributed by atoms with Gasteiger partial charge in [-0.1, -0.05) is 6.92 Å². The Morgan fingerprint density at radius 2 is 1.95 bits per heavy atom. The minimum Gasteiger partial charge on any atom is -0.497 e. The zero-order valence-corrected chi connectivity index (χ0v) is 12.0. The summed E-state index contributed by atoms with van der Waals surface area (Å²) in [6.07, 6.45) is 0.505. The molecule has 4 nitrogen and oxygen atoms in total. The van der Waals surface area contributed by atoms with Crippen molar-refractivity contribution in [2.24, 2.45) is 0 Å². The highest BCUT2D eigenvalue weighted by Gasteiger charge is 2.09. The standard InChI is InChI=1S/C17H16N2O2/c1-3-16(20)12-6-9-14-15(10-12)19-17(18-14)11-4-7-13(21-2)8-5-11/h4-10H,3H2,1-2H3,(H,18,19). The highest BCUT2D eigenvalue weighted by atomic mass is 16.5. The molecule has 3 aromatic rings. The molecule has 0 fully saturated rings. The maximum Gasteiger partial charge on any atom is 0.162 e. The normalized spacial score (nSPS) is 10.8. The van der Waals surface area contributed by atoms with E-state index in [9.17, 15) is 4.79 Å². The van der Waals surface area contributed by atoms with Gasteiger partial charge in [-0.25, -0.2) is 4.98 Å². The fourth-order valence-corrected chi connectivity index (χ4v) is 2.27. The molecule has 0 saturated carbocycles. The van der Waals surface area contributed by atoms with E-state index in [1.165, 1.54) is 0 Å². The van der Waals surface area contributed by atoms with Crippen molar-refractivity contribution in [2.45, 2.75) is 13.3 Å². The van der Waals surface area contributed by atoms with Crippen LogP contribution in [0.4, 0.5) is 0 Å². The fraction of sp³-hybridized carbons (Fsp3) is 0.176. The Bertz CT molecular complexity index is 788. The lowest BCUT2D eigenvalue weighted by Crippen LogP contribution is -1.95. The molecule has 1 N–H and O–H groups in total. The Morgan fingerprint density at radius 1 is 1.19 bits per heavy atom. The van der Waals surface area contributed by atoms with Crippen LogP contribution in [0.1, 0.15) is 23.7 Å². The zero-order chi connectivity index (χ0) is 14.8. The van der Waals surface area contributed by atoms with E-state index in [0.29, 0.717) is 6.42 Å². The average molecular weight is 280 g/mol. The number of rotatable bonds is 4. The van der Waals surface area contributed by atoms with Gasteiger partial charge in [-0.2, -0.15) is 0 Å². The van der Waals surface area contributed by atoms with Gasteiger partial charge >= 0.3 is 0 Å². The first-order valence-electron chi connectivity index (χ1n) is 6.88. The number of fused-ring (bicyclic) bond motifs is 1. The van der Waals surface area contributed by atoms with Crippen molar-refractivity contribution in [3.05, 3.63) is 48.0 Å². The topological polar surface area (TPSA) is 55.0 Å². The second-order valence-electron chi connectivity index (χ2n) is 4.82. The van der Waals surface area contributed by atoms with Crippen molar-refractivity contribution in [3.63, 3.8) is 0 Å². The van der Waals surface area contributed by atoms with Gasteiger partial charge in [0, 0.05) is 17.5 Å². The van der Waals surface area contributed by atoms with Crippen molar-refractivity contribution in [2.75, 3.05) is 7.11 Å². The van der Waals surface area contributed by atoms with Crippen molar-refractivity contribution in [1.29, 1.82) is 0 Å². The lowest BCUT2D eigenvalue weighted by molar-refractivity contribution is 0.0988. The van der Waals surface area contributed by atoms with Crippen LogP contribution in [-0.4, -0.2) is 22.9 Å². The summed E-state index contributed by atoms with van der Waals surface area (Å²) >= 11 is 0. The Labute approximate surface area is 122 Å². The van der Waals surface area contributed by atoms with E-state index in [1.807, 2.05) is 49.4 Å². The van der Waals surface area contributed by atoms with Gasteiger partial charge in [0.05, 0.1) is 18.1 Å². The summed E-state index contributed by atoms with van der Waals surface area (Å²) in [5, 5.41) is 0. The van der Waals surface area contributed by atoms with E-state index in [-0.39, 0.29) is 5.78 Å². The number of aromatic amines is 1. The predicted octanol–water partition coefficient (Wildman–Crippen LogP) is 3.83. The molecule has 0 aliphatic heterocycles. The van der Waals surface area contributed by atoms with Gasteiger partial charge in [0.1, 0.15) is 11.6 Å². The highest BCUT2D eigenvalue weighted by molar-refractivity contribution is 5.99. The summed E-state index contributed by atoms with van der Waals surface area (Å²) in [4.78, 5) is 19.6. The van der Waals surface area contributed by atoms with Crippen LogP contribution in [0, 0.1) is 0 Å². The minimum absolute atomic E-state index is 0.137. The van der Waals surface area contributed by atoms with Gasteiger partial charge in [0.2, 0.25) is 0 Å². The SMILES string of the molecule is CCC(=O)c1ccc2nc(-c3ccc(OC)cc3)[nH]c2c1. The molecular formula is C17H16N2O2. The Kier molecular flexibility index (Phi) is 3.44. The second-order valence-corrected chi connectivity index (χ2v) is 4.82. The molecular weight excluding hydrogens is 264 g/mol. The van der Waals surface area contributed by atoms with Gasteiger partial charge < -0.3 is 9.72 Å². The monoisotopic (exact) mass is 280 g/mol. The molecule has 0 unspecified atom stereocenters. The number of methoxy groups -OCH3 is 1. The Hall–Kier alpha value is -2.62. The lowest BCUT2D eigenvalue weighted by Gasteiger charge is -2.00. The van der Waals surface area contributed by atoms with Crippen LogP contribution in [0.25, 0.3) is 22.4 Å². The summed E-state index contributed by atoms with van der Waals surface area (Å²) < 4.78 is 5.15. The molecule has 0 amide bonds. The van der Waals surface area contributed by atoms with Crippen LogP contribution in [0.2, 0.25) is 0 Å². The number of hydrogen-bond donors (Lipinski definition) is 1. The zero-order valence-electron chi connectivity index (χ0n) is 12.0. The number of hydrogen-bond acceptors (Lipinski definition) is 3. The molecule has 0 bridgehead atoms. The predicted molar refractivity (Wildman–Crippen MR) is 82.7 cm³/mol. The number of carbonyl (C=O) groups excluding carboxylic acids is 1. The molecule has 0 spiro atoms. The van der Waals surface area contributed by atoms with E-state index >= 15 is 0 Å². The maximum absolute atomic E-state index is 11.8. The molecule has 0 saturated heterocycles. The third kappa shape index (κ3) is 2.52. The number of imidazole rings is 1. The van der Waals surface area contributed by atoms with Crippen molar-refractivity contribution in [3.8, 4) is 17.1 Å². The summed E-state index contributed by atoms with van der Waals surface area (Å²) in [6.45, 7) is 1.86. The number of aromatic nitrogens is 2. The van der Waals surface area contributed by atoms with E-state index < -0.39 is 0 Å². The number of nitrogens with zero attached hydrogens (tertiary/aromatic N) is 1. The number of ether oxygens (including phenoxy) is 1. The molecule has 2 aromatic carbocycles. The van der Waals surface area contributed by atoms with E-state index in [2.05, 4.69) is 9.97 Å². The number of carbonyl (C=O) groups is 1. The van der Waals surface area contributed by atoms with Gasteiger partial charge in [-0.3, -0.25) is 4.79 Å². The van der Waals surface area contributed by atoms with E-state index in [4.69, 9.17) is 4.74 Å². The number of Topliss-reactive ketones (excluding diaryl/α,β-unsaturated/α-hetero) is 1. The van der Waals surface area contributed by atoms with Crippen LogP contribution >= 0.6 is 0 Å². The van der Waals surface area contributed by atoms with Crippen LogP contribution in [-0.2, 0) is 0 Å². The molecule has 3 rings (SSSR count). The summed E-state index contributed by atoms with van der Waals surface area (Å²) in [5.41, 5.74) is 3.43. The molecule has 1 aromatic heterocycles. The first-order valence-corrected chi connectivity index (χ1v) is 6.88. The molecule has 0 atom stereocenters. The molecule has 4 heteroatoms. The molecule has 0 radical (unpaired) electrons. The summed E-state index contributed by atoms with van der Waals surface area (Å²) in [5.74, 6) is 1.73. The number of benzene rings is 2. The van der Waals surface area contributed by atoms with E-state index in [0.717, 1.165) is 33.7 Å². The fourth-order valence-electron chi connectivity index (χ4n) is 2.27. The average Bonchev–Trinajstić information content (AvgIpc) is 2.97. The van der Waals surface area contributed by atoms with E-state index in [1.54, 1.807) is 7.11 Å². The molecule has 106 valence electrons. The lowest BCUT2D eigenvalue weighted by atomic mass is 10.1. The van der Waals surface area contributed by atoms with Crippen molar-refractivity contribution < 1.29 is 9.53 Å².